The highest BCUT2D eigenvalue weighted by Gasteiger charge is 2.28. The van der Waals surface area contributed by atoms with Crippen LogP contribution in [0.15, 0.2) is 0 Å². The Labute approximate surface area is 104 Å². The Morgan fingerprint density at radius 3 is 2.83 bits per heavy atom. The Kier molecular flexibility index (Phi) is 5.87. The molecule has 0 saturated carbocycles. The maximum absolute atomic E-state index is 11.8. The molecule has 1 unspecified atom stereocenters. The fourth-order valence-corrected chi connectivity index (χ4v) is 2.08. The van der Waals surface area contributed by atoms with Crippen LogP contribution >= 0.6 is 0 Å². The Hall–Kier alpha value is -0.820. The van der Waals surface area contributed by atoms with E-state index in [0.717, 1.165) is 25.9 Å². The SMILES string of the molecule is CCN1CCCC1CNC(=O)COCC(F)(F)F. The molecule has 0 bridgehead atoms. The second kappa shape index (κ2) is 6.94. The minimum absolute atomic E-state index is 0.293. The molecule has 0 spiro atoms. The summed E-state index contributed by atoms with van der Waals surface area (Å²) in [6, 6.07) is 0.293. The minimum atomic E-state index is -4.38. The summed E-state index contributed by atoms with van der Waals surface area (Å²) in [5.74, 6) is -0.498. The summed E-state index contributed by atoms with van der Waals surface area (Å²) in [5.41, 5.74) is 0. The molecule has 0 radical (unpaired) electrons. The van der Waals surface area contributed by atoms with Crippen molar-refractivity contribution in [3.05, 3.63) is 0 Å². The zero-order valence-corrected chi connectivity index (χ0v) is 10.4. The number of ether oxygens (including phenoxy) is 1. The van der Waals surface area contributed by atoms with E-state index in [2.05, 4.69) is 15.0 Å². The highest BCUT2D eigenvalue weighted by Crippen LogP contribution is 2.16. The molecule has 0 aromatic heterocycles. The number of likely N-dealkylation sites (N-methyl/N-ethyl adjacent to an activating group) is 1. The molecule has 4 nitrogen and oxygen atoms in total. The van der Waals surface area contributed by atoms with Crippen LogP contribution in [-0.2, 0) is 9.53 Å². The molecule has 0 aliphatic carbocycles. The second-order valence-electron chi connectivity index (χ2n) is 4.34. The van der Waals surface area contributed by atoms with Crippen molar-refractivity contribution in [2.24, 2.45) is 0 Å². The number of carbonyl (C=O) groups is 1. The van der Waals surface area contributed by atoms with Crippen LogP contribution in [-0.4, -0.2) is 55.9 Å². The number of rotatable bonds is 6. The van der Waals surface area contributed by atoms with Gasteiger partial charge in [-0.25, -0.2) is 0 Å². The molecule has 106 valence electrons. The van der Waals surface area contributed by atoms with E-state index < -0.39 is 25.3 Å². The smallest absolute Gasteiger partial charge is 0.362 e. The average molecular weight is 268 g/mol. The summed E-state index contributed by atoms with van der Waals surface area (Å²) in [6.45, 7) is 2.53. The fraction of sp³-hybridized carbons (Fsp3) is 0.909. The van der Waals surface area contributed by atoms with Crippen molar-refractivity contribution in [3.8, 4) is 0 Å². The molecular formula is C11H19F3N2O2. The van der Waals surface area contributed by atoms with E-state index in [1.165, 1.54) is 0 Å². The van der Waals surface area contributed by atoms with Gasteiger partial charge in [0.05, 0.1) is 0 Å². The van der Waals surface area contributed by atoms with Crippen LogP contribution in [0.4, 0.5) is 13.2 Å². The molecule has 0 aromatic carbocycles. The fourth-order valence-electron chi connectivity index (χ4n) is 2.08. The quantitative estimate of drug-likeness (QED) is 0.786. The number of hydrogen-bond acceptors (Lipinski definition) is 3. The molecule has 1 saturated heterocycles. The number of halogens is 3. The van der Waals surface area contributed by atoms with E-state index in [0.29, 0.717) is 12.6 Å². The van der Waals surface area contributed by atoms with Gasteiger partial charge >= 0.3 is 6.18 Å². The number of nitrogens with zero attached hydrogens (tertiary/aromatic N) is 1. The van der Waals surface area contributed by atoms with Crippen molar-refractivity contribution in [2.45, 2.75) is 32.0 Å². The predicted octanol–water partition coefficient (Wildman–Crippen LogP) is 1.17. The van der Waals surface area contributed by atoms with Gasteiger partial charge in [-0.2, -0.15) is 13.2 Å². The van der Waals surface area contributed by atoms with Crippen molar-refractivity contribution < 1.29 is 22.7 Å². The maximum atomic E-state index is 11.8. The first-order valence-corrected chi connectivity index (χ1v) is 6.07. The normalized spacial score (nSPS) is 21.2. The zero-order valence-electron chi connectivity index (χ0n) is 10.4. The standard InChI is InChI=1S/C11H19F3N2O2/c1-2-16-5-3-4-9(16)6-15-10(17)7-18-8-11(12,13)14/h9H,2-8H2,1H3,(H,15,17). The van der Waals surface area contributed by atoms with E-state index in [1.807, 2.05) is 6.92 Å². The Morgan fingerprint density at radius 2 is 2.22 bits per heavy atom. The van der Waals surface area contributed by atoms with Gasteiger partial charge in [-0.15, -0.1) is 0 Å². The lowest BCUT2D eigenvalue weighted by Gasteiger charge is -2.22. The van der Waals surface area contributed by atoms with E-state index in [-0.39, 0.29) is 0 Å². The van der Waals surface area contributed by atoms with Crippen LogP contribution in [0.5, 0.6) is 0 Å². The summed E-state index contributed by atoms with van der Waals surface area (Å²) in [5, 5.41) is 2.60. The number of alkyl halides is 3. The van der Waals surface area contributed by atoms with Crippen LogP contribution in [0, 0.1) is 0 Å². The predicted molar refractivity (Wildman–Crippen MR) is 60.2 cm³/mol. The Morgan fingerprint density at radius 1 is 1.50 bits per heavy atom. The lowest BCUT2D eigenvalue weighted by Crippen LogP contribution is -2.41. The van der Waals surface area contributed by atoms with E-state index >= 15 is 0 Å². The third kappa shape index (κ3) is 5.68. The van der Waals surface area contributed by atoms with Gasteiger partial charge in [-0.05, 0) is 25.9 Å². The van der Waals surface area contributed by atoms with E-state index in [1.54, 1.807) is 0 Å². The molecule has 1 aliphatic rings. The van der Waals surface area contributed by atoms with Crippen LogP contribution in [0.3, 0.4) is 0 Å². The van der Waals surface area contributed by atoms with Crippen LogP contribution in [0.25, 0.3) is 0 Å². The van der Waals surface area contributed by atoms with Crippen molar-refractivity contribution in [1.29, 1.82) is 0 Å². The maximum Gasteiger partial charge on any atom is 0.411 e. The number of nitrogens with one attached hydrogen (secondary N) is 1. The molecule has 1 rings (SSSR count). The number of amides is 1. The molecule has 1 amide bonds. The van der Waals surface area contributed by atoms with Crippen molar-refractivity contribution in [1.82, 2.24) is 10.2 Å². The van der Waals surface area contributed by atoms with Gasteiger partial charge in [0.1, 0.15) is 13.2 Å². The van der Waals surface area contributed by atoms with E-state index in [9.17, 15) is 18.0 Å². The Bertz CT molecular complexity index is 272. The number of likely N-dealkylation sites (tertiary alicyclic amines) is 1. The molecule has 1 atom stereocenters. The van der Waals surface area contributed by atoms with Gasteiger partial charge in [0.15, 0.2) is 0 Å². The monoisotopic (exact) mass is 268 g/mol. The third-order valence-corrected chi connectivity index (χ3v) is 2.94. The minimum Gasteiger partial charge on any atom is -0.362 e. The van der Waals surface area contributed by atoms with Gasteiger partial charge in [0, 0.05) is 12.6 Å². The summed E-state index contributed by atoms with van der Waals surface area (Å²) >= 11 is 0. The molecular weight excluding hydrogens is 249 g/mol. The van der Waals surface area contributed by atoms with Crippen molar-refractivity contribution in [3.63, 3.8) is 0 Å². The summed E-state index contributed by atoms with van der Waals surface area (Å²) in [6.07, 6.45) is -2.28. The van der Waals surface area contributed by atoms with Crippen molar-refractivity contribution >= 4 is 5.91 Å². The summed E-state index contributed by atoms with van der Waals surface area (Å²) < 4.78 is 39.6. The second-order valence-corrected chi connectivity index (χ2v) is 4.34. The molecule has 1 fully saturated rings. The first-order valence-electron chi connectivity index (χ1n) is 6.07. The number of hydrogen-bond donors (Lipinski definition) is 1. The Balaban J connectivity index is 2.13. The highest BCUT2D eigenvalue weighted by molar-refractivity contribution is 5.77. The lowest BCUT2D eigenvalue weighted by atomic mass is 10.2. The number of carbonyl (C=O) groups excluding carboxylic acids is 1. The van der Waals surface area contributed by atoms with E-state index in [4.69, 9.17) is 0 Å². The van der Waals surface area contributed by atoms with Gasteiger partial charge in [0.2, 0.25) is 5.91 Å². The zero-order chi connectivity index (χ0) is 13.6. The van der Waals surface area contributed by atoms with Gasteiger partial charge in [0.25, 0.3) is 0 Å². The summed E-state index contributed by atoms with van der Waals surface area (Å²) in [7, 11) is 0. The average Bonchev–Trinajstić information content (AvgIpc) is 2.71. The van der Waals surface area contributed by atoms with Crippen LogP contribution in [0.1, 0.15) is 19.8 Å². The third-order valence-electron chi connectivity index (χ3n) is 2.94. The molecule has 18 heavy (non-hydrogen) atoms. The summed E-state index contributed by atoms with van der Waals surface area (Å²) in [4.78, 5) is 13.5. The molecule has 7 heteroatoms. The van der Waals surface area contributed by atoms with Gasteiger partial charge in [-0.1, -0.05) is 6.92 Å². The molecule has 1 heterocycles. The van der Waals surface area contributed by atoms with Crippen LogP contribution in [0.2, 0.25) is 0 Å². The van der Waals surface area contributed by atoms with Crippen molar-refractivity contribution in [2.75, 3.05) is 32.8 Å². The van der Waals surface area contributed by atoms with Gasteiger partial charge in [-0.3, -0.25) is 9.69 Å². The van der Waals surface area contributed by atoms with Crippen LogP contribution < -0.4 is 5.32 Å². The topological polar surface area (TPSA) is 41.6 Å². The molecule has 1 aliphatic heterocycles. The largest absolute Gasteiger partial charge is 0.411 e. The molecule has 1 N–H and O–H groups in total. The lowest BCUT2D eigenvalue weighted by molar-refractivity contribution is -0.175. The highest BCUT2D eigenvalue weighted by atomic mass is 19.4. The molecule has 0 aromatic rings. The first-order chi connectivity index (χ1) is 8.42. The first kappa shape index (κ1) is 15.2. The van der Waals surface area contributed by atoms with Gasteiger partial charge < -0.3 is 10.1 Å².